The number of halogens is 2. The van der Waals surface area contributed by atoms with Crippen LogP contribution < -0.4 is 0 Å². The van der Waals surface area contributed by atoms with Crippen molar-refractivity contribution in [2.75, 3.05) is 0 Å². The molecule has 0 fully saturated rings. The van der Waals surface area contributed by atoms with Gasteiger partial charge in [-0.2, -0.15) is 0 Å². The van der Waals surface area contributed by atoms with E-state index in [1.165, 1.54) is 0 Å². The van der Waals surface area contributed by atoms with Crippen LogP contribution in [-0.2, 0) is 4.79 Å². The Morgan fingerprint density at radius 1 is 1.60 bits per heavy atom. The minimum atomic E-state index is -1.49. The molecule has 0 aromatic carbocycles. The van der Waals surface area contributed by atoms with Gasteiger partial charge in [0, 0.05) is 0 Å². The Morgan fingerprint density at radius 2 is 2.00 bits per heavy atom. The van der Waals surface area contributed by atoms with Crippen molar-refractivity contribution in [1.82, 2.24) is 0 Å². The first-order chi connectivity index (χ1) is 4.46. The lowest BCUT2D eigenvalue weighted by Crippen LogP contribution is -2.20. The Labute approximate surface area is 58.7 Å². The summed E-state index contributed by atoms with van der Waals surface area (Å²) in [5.41, 5.74) is 0. The van der Waals surface area contributed by atoms with E-state index in [0.29, 0.717) is 0 Å². The highest BCUT2D eigenvalue weighted by Gasteiger charge is 2.24. The average molecular weight is 148 g/mol. The van der Waals surface area contributed by atoms with Crippen molar-refractivity contribution >= 4 is 5.78 Å². The summed E-state index contributed by atoms with van der Waals surface area (Å²) in [5, 5.41) is 0. The minimum Gasteiger partial charge on any atom is -0.299 e. The molecule has 0 amide bonds. The highest BCUT2D eigenvalue weighted by atomic mass is 19.1. The summed E-state index contributed by atoms with van der Waals surface area (Å²) in [6, 6.07) is 0. The van der Waals surface area contributed by atoms with Gasteiger partial charge in [0.1, 0.15) is 17.8 Å². The van der Waals surface area contributed by atoms with Gasteiger partial charge in [-0.3, -0.25) is 4.79 Å². The van der Waals surface area contributed by atoms with Crippen LogP contribution in [0.25, 0.3) is 0 Å². The van der Waals surface area contributed by atoms with Crippen LogP contribution in [0.4, 0.5) is 8.78 Å². The third kappa shape index (κ3) is 2.25. The van der Waals surface area contributed by atoms with E-state index >= 15 is 0 Å². The van der Waals surface area contributed by atoms with Crippen LogP contribution in [0.1, 0.15) is 13.8 Å². The quantitative estimate of drug-likeness (QED) is 0.598. The molecule has 0 aromatic rings. The summed E-state index contributed by atoms with van der Waals surface area (Å²) in [5.74, 6) is -2.70. The summed E-state index contributed by atoms with van der Waals surface area (Å²) < 4.78 is 24.6. The molecule has 0 rings (SSSR count). The zero-order valence-electron chi connectivity index (χ0n) is 6.03. The number of carbonyl (C=O) groups is 1. The van der Waals surface area contributed by atoms with Crippen molar-refractivity contribution < 1.29 is 13.6 Å². The highest BCUT2D eigenvalue weighted by molar-refractivity contribution is 5.81. The Kier molecular flexibility index (Phi) is 3.19. The van der Waals surface area contributed by atoms with Crippen molar-refractivity contribution in [3.8, 4) is 0 Å². The number of Topliss-reactive ketones (excluding diaryl/α,β-unsaturated/α-hetero) is 1. The van der Waals surface area contributed by atoms with Gasteiger partial charge < -0.3 is 0 Å². The molecule has 10 heavy (non-hydrogen) atoms. The molecule has 0 radical (unpaired) electrons. The number of carbonyl (C=O) groups excluding carboxylic acids is 1. The van der Waals surface area contributed by atoms with Gasteiger partial charge in [0.15, 0.2) is 0 Å². The molecule has 0 N–H and O–H groups in total. The smallest absolute Gasteiger partial charge is 0.142 e. The molecule has 0 saturated heterocycles. The SMILES string of the molecule is C=C(F)[C@@H](C(C)=O)[C@@H](C)F. The van der Waals surface area contributed by atoms with E-state index in [1.807, 2.05) is 0 Å². The summed E-state index contributed by atoms with van der Waals surface area (Å²) in [4.78, 5) is 10.5. The third-order valence-corrected chi connectivity index (χ3v) is 1.23. The second-order valence-corrected chi connectivity index (χ2v) is 2.21. The van der Waals surface area contributed by atoms with Crippen LogP contribution in [0.15, 0.2) is 12.4 Å². The lowest BCUT2D eigenvalue weighted by atomic mass is 10.00. The maximum atomic E-state index is 12.3. The van der Waals surface area contributed by atoms with Crippen molar-refractivity contribution in [1.29, 1.82) is 0 Å². The van der Waals surface area contributed by atoms with Gasteiger partial charge in [-0.1, -0.05) is 6.58 Å². The van der Waals surface area contributed by atoms with E-state index in [9.17, 15) is 13.6 Å². The Hall–Kier alpha value is -0.730. The number of hydrogen-bond donors (Lipinski definition) is 0. The number of allylic oxidation sites excluding steroid dienone is 1. The topological polar surface area (TPSA) is 17.1 Å². The molecule has 0 bridgehead atoms. The molecular weight excluding hydrogens is 138 g/mol. The second kappa shape index (κ2) is 3.44. The number of rotatable bonds is 3. The van der Waals surface area contributed by atoms with Crippen LogP contribution in [0.5, 0.6) is 0 Å². The van der Waals surface area contributed by atoms with Gasteiger partial charge in [0.25, 0.3) is 0 Å². The van der Waals surface area contributed by atoms with E-state index in [2.05, 4.69) is 6.58 Å². The van der Waals surface area contributed by atoms with Crippen LogP contribution in [0, 0.1) is 5.92 Å². The highest BCUT2D eigenvalue weighted by Crippen LogP contribution is 2.18. The molecule has 0 spiro atoms. The number of ketones is 1. The molecule has 58 valence electrons. The van der Waals surface area contributed by atoms with Gasteiger partial charge in [0.2, 0.25) is 0 Å². The minimum absolute atomic E-state index is 0.525. The van der Waals surface area contributed by atoms with Gasteiger partial charge in [-0.15, -0.1) is 0 Å². The van der Waals surface area contributed by atoms with Crippen LogP contribution in [0.3, 0.4) is 0 Å². The molecule has 3 heteroatoms. The molecule has 0 aliphatic carbocycles. The first kappa shape index (κ1) is 9.27. The lowest BCUT2D eigenvalue weighted by Gasteiger charge is -2.10. The van der Waals surface area contributed by atoms with Crippen LogP contribution in [0.2, 0.25) is 0 Å². The van der Waals surface area contributed by atoms with Gasteiger partial charge in [0.05, 0.1) is 5.92 Å². The fourth-order valence-corrected chi connectivity index (χ4v) is 0.793. The Morgan fingerprint density at radius 3 is 2.00 bits per heavy atom. The van der Waals surface area contributed by atoms with Crippen LogP contribution in [-0.4, -0.2) is 12.0 Å². The van der Waals surface area contributed by atoms with Gasteiger partial charge >= 0.3 is 0 Å². The van der Waals surface area contributed by atoms with Gasteiger partial charge in [-0.25, -0.2) is 8.78 Å². The Bertz CT molecular complexity index is 138. The van der Waals surface area contributed by atoms with E-state index in [1.54, 1.807) is 0 Å². The van der Waals surface area contributed by atoms with Crippen LogP contribution >= 0.6 is 0 Å². The first-order valence-corrected chi connectivity index (χ1v) is 2.95. The molecule has 0 saturated carbocycles. The second-order valence-electron chi connectivity index (χ2n) is 2.21. The van der Waals surface area contributed by atoms with Crippen molar-refractivity contribution in [2.45, 2.75) is 20.0 Å². The number of alkyl halides is 1. The molecule has 0 aromatic heterocycles. The number of hydrogen-bond acceptors (Lipinski definition) is 1. The predicted octanol–water partition coefficient (Wildman–Crippen LogP) is 2.03. The monoisotopic (exact) mass is 148 g/mol. The maximum absolute atomic E-state index is 12.3. The normalized spacial score (nSPS) is 16.0. The summed E-state index contributed by atoms with van der Waals surface area (Å²) >= 11 is 0. The average Bonchev–Trinajstić information content (AvgIpc) is 1.59. The zero-order valence-corrected chi connectivity index (χ0v) is 6.03. The zero-order chi connectivity index (χ0) is 8.31. The van der Waals surface area contributed by atoms with Crippen molar-refractivity contribution in [2.24, 2.45) is 5.92 Å². The van der Waals surface area contributed by atoms with E-state index in [-0.39, 0.29) is 0 Å². The summed E-state index contributed by atoms with van der Waals surface area (Å²) in [7, 11) is 0. The van der Waals surface area contributed by atoms with Gasteiger partial charge in [-0.05, 0) is 13.8 Å². The predicted molar refractivity (Wildman–Crippen MR) is 35.0 cm³/mol. The van der Waals surface area contributed by atoms with Crippen molar-refractivity contribution in [3.05, 3.63) is 12.4 Å². The fourth-order valence-electron chi connectivity index (χ4n) is 0.793. The Balaban J connectivity index is 4.27. The molecule has 1 nitrogen and oxygen atoms in total. The van der Waals surface area contributed by atoms with E-state index in [0.717, 1.165) is 13.8 Å². The molecular formula is C7H10F2O. The molecule has 0 heterocycles. The maximum Gasteiger partial charge on any atom is 0.142 e. The largest absolute Gasteiger partial charge is 0.299 e. The van der Waals surface area contributed by atoms with E-state index < -0.39 is 23.7 Å². The molecule has 2 atom stereocenters. The van der Waals surface area contributed by atoms with E-state index in [4.69, 9.17) is 0 Å². The molecule has 0 aliphatic rings. The van der Waals surface area contributed by atoms with Crippen molar-refractivity contribution in [3.63, 3.8) is 0 Å². The third-order valence-electron chi connectivity index (χ3n) is 1.23. The molecule has 0 unspecified atom stereocenters. The standard InChI is InChI=1S/C7H10F2O/c1-4(8)7(5(2)9)6(3)10/h5,7H,1H2,2-3H3/t5-,7-/m1/s1. The summed E-state index contributed by atoms with van der Waals surface area (Å²) in [6.07, 6.45) is -1.49. The first-order valence-electron chi connectivity index (χ1n) is 2.95. The summed E-state index contributed by atoms with van der Waals surface area (Å²) in [6.45, 7) is 5.15. The molecule has 0 aliphatic heterocycles. The lowest BCUT2D eigenvalue weighted by molar-refractivity contribution is -0.121. The fraction of sp³-hybridized carbons (Fsp3) is 0.571.